The van der Waals surface area contributed by atoms with E-state index >= 15 is 0 Å². The summed E-state index contributed by atoms with van der Waals surface area (Å²) in [5.41, 5.74) is 2.93. The first-order chi connectivity index (χ1) is 7.75. The summed E-state index contributed by atoms with van der Waals surface area (Å²) in [5.74, 6) is 0.587. The van der Waals surface area contributed by atoms with Gasteiger partial charge in [-0.3, -0.25) is 0 Å². The Bertz CT molecular complexity index is 475. The highest BCUT2D eigenvalue weighted by Gasteiger charge is 2.02. The minimum atomic E-state index is 0.587. The van der Waals surface area contributed by atoms with Gasteiger partial charge in [0.15, 0.2) is 0 Å². The summed E-state index contributed by atoms with van der Waals surface area (Å²) in [4.78, 5) is 13.4. The van der Waals surface area contributed by atoms with E-state index in [9.17, 15) is 0 Å². The Morgan fingerprint density at radius 2 is 2.25 bits per heavy atom. The van der Waals surface area contributed by atoms with Gasteiger partial charge < -0.3 is 4.74 Å². The standard InChI is InChI=1S/C10H10BrN3OS/c1-7-8(16-6-14-7)2-3-15-10-4-9(11)12-5-13-10/h4-6H,2-3H2,1H3. The molecule has 2 rings (SSSR count). The predicted octanol–water partition coefficient (Wildman–Crippen LogP) is 2.63. The summed E-state index contributed by atoms with van der Waals surface area (Å²) in [6, 6.07) is 1.75. The van der Waals surface area contributed by atoms with Gasteiger partial charge in [-0.15, -0.1) is 11.3 Å². The Kier molecular flexibility index (Phi) is 3.84. The number of ether oxygens (including phenoxy) is 1. The van der Waals surface area contributed by atoms with Crippen molar-refractivity contribution in [2.24, 2.45) is 0 Å². The molecule has 16 heavy (non-hydrogen) atoms. The van der Waals surface area contributed by atoms with E-state index in [1.165, 1.54) is 11.2 Å². The highest BCUT2D eigenvalue weighted by atomic mass is 79.9. The number of hydrogen-bond acceptors (Lipinski definition) is 5. The molecule has 0 radical (unpaired) electrons. The molecule has 0 fully saturated rings. The molecule has 0 aromatic carbocycles. The van der Waals surface area contributed by atoms with Crippen LogP contribution in [0.2, 0.25) is 0 Å². The maximum atomic E-state index is 5.51. The zero-order valence-electron chi connectivity index (χ0n) is 8.68. The maximum absolute atomic E-state index is 5.51. The van der Waals surface area contributed by atoms with Gasteiger partial charge in [-0.05, 0) is 22.9 Å². The van der Waals surface area contributed by atoms with Gasteiger partial charge in [-0.2, -0.15) is 0 Å². The first-order valence-corrected chi connectivity index (χ1v) is 6.42. The predicted molar refractivity (Wildman–Crippen MR) is 65.8 cm³/mol. The van der Waals surface area contributed by atoms with Crippen LogP contribution < -0.4 is 4.74 Å². The van der Waals surface area contributed by atoms with Crippen LogP contribution in [-0.4, -0.2) is 21.6 Å². The summed E-state index contributed by atoms with van der Waals surface area (Å²) in [5, 5.41) is 0. The third kappa shape index (κ3) is 2.99. The molecule has 84 valence electrons. The van der Waals surface area contributed by atoms with Crippen LogP contribution in [0.25, 0.3) is 0 Å². The van der Waals surface area contributed by atoms with Crippen molar-refractivity contribution >= 4 is 27.3 Å². The summed E-state index contributed by atoms with van der Waals surface area (Å²) < 4.78 is 6.24. The molecule has 0 N–H and O–H groups in total. The minimum Gasteiger partial charge on any atom is -0.477 e. The zero-order valence-corrected chi connectivity index (χ0v) is 11.1. The van der Waals surface area contributed by atoms with Gasteiger partial charge in [0.25, 0.3) is 0 Å². The van der Waals surface area contributed by atoms with Crippen LogP contribution >= 0.6 is 27.3 Å². The average Bonchev–Trinajstić information content (AvgIpc) is 2.65. The van der Waals surface area contributed by atoms with Crippen LogP contribution in [0.1, 0.15) is 10.6 Å². The van der Waals surface area contributed by atoms with E-state index in [-0.39, 0.29) is 0 Å². The minimum absolute atomic E-state index is 0.587. The van der Waals surface area contributed by atoms with Crippen molar-refractivity contribution in [2.45, 2.75) is 13.3 Å². The second kappa shape index (κ2) is 5.36. The lowest BCUT2D eigenvalue weighted by molar-refractivity contribution is 0.309. The van der Waals surface area contributed by atoms with Crippen LogP contribution in [-0.2, 0) is 6.42 Å². The van der Waals surface area contributed by atoms with E-state index in [4.69, 9.17) is 4.74 Å². The Labute approximate surface area is 106 Å². The maximum Gasteiger partial charge on any atom is 0.217 e. The number of halogens is 1. The summed E-state index contributed by atoms with van der Waals surface area (Å²) >= 11 is 4.92. The largest absolute Gasteiger partial charge is 0.477 e. The van der Waals surface area contributed by atoms with E-state index < -0.39 is 0 Å². The van der Waals surface area contributed by atoms with Crippen molar-refractivity contribution in [1.29, 1.82) is 0 Å². The summed E-state index contributed by atoms with van der Waals surface area (Å²) in [6.07, 6.45) is 2.33. The third-order valence-corrected chi connectivity index (χ3v) is 3.46. The first kappa shape index (κ1) is 11.5. The molecule has 6 heteroatoms. The molecule has 0 amide bonds. The Morgan fingerprint density at radius 1 is 1.38 bits per heavy atom. The molecule has 0 spiro atoms. The second-order valence-electron chi connectivity index (χ2n) is 3.14. The first-order valence-electron chi connectivity index (χ1n) is 4.75. The van der Waals surface area contributed by atoms with Crippen LogP contribution in [0.5, 0.6) is 5.88 Å². The Hall–Kier alpha value is -1.01. The molecule has 0 saturated heterocycles. The van der Waals surface area contributed by atoms with Gasteiger partial charge in [-0.25, -0.2) is 15.0 Å². The van der Waals surface area contributed by atoms with E-state index in [1.54, 1.807) is 17.4 Å². The lowest BCUT2D eigenvalue weighted by atomic mass is 10.3. The van der Waals surface area contributed by atoms with Gasteiger partial charge >= 0.3 is 0 Å². The molecule has 0 aliphatic heterocycles. The molecular weight excluding hydrogens is 290 g/mol. The molecule has 0 atom stereocenters. The molecule has 0 saturated carbocycles. The SMILES string of the molecule is Cc1ncsc1CCOc1cc(Br)ncn1. The van der Waals surface area contributed by atoms with E-state index in [0.29, 0.717) is 12.5 Å². The van der Waals surface area contributed by atoms with Crippen LogP contribution in [0.3, 0.4) is 0 Å². The van der Waals surface area contributed by atoms with Gasteiger partial charge in [0.2, 0.25) is 5.88 Å². The van der Waals surface area contributed by atoms with E-state index in [2.05, 4.69) is 30.9 Å². The molecule has 2 heterocycles. The van der Waals surface area contributed by atoms with E-state index in [0.717, 1.165) is 16.7 Å². The molecule has 2 aromatic heterocycles. The van der Waals surface area contributed by atoms with Crippen LogP contribution in [0.4, 0.5) is 0 Å². The van der Waals surface area contributed by atoms with Crippen molar-refractivity contribution in [2.75, 3.05) is 6.61 Å². The van der Waals surface area contributed by atoms with Crippen molar-refractivity contribution in [1.82, 2.24) is 15.0 Å². The molecule has 0 unspecified atom stereocenters. The Balaban J connectivity index is 1.87. The highest BCUT2D eigenvalue weighted by molar-refractivity contribution is 9.10. The monoisotopic (exact) mass is 299 g/mol. The molecular formula is C10H10BrN3OS. The molecule has 4 nitrogen and oxygen atoms in total. The summed E-state index contributed by atoms with van der Waals surface area (Å²) in [7, 11) is 0. The number of aromatic nitrogens is 3. The lowest BCUT2D eigenvalue weighted by Crippen LogP contribution is -2.02. The lowest BCUT2D eigenvalue weighted by Gasteiger charge is -2.03. The second-order valence-corrected chi connectivity index (χ2v) is 4.89. The van der Waals surface area contributed by atoms with E-state index in [1.807, 2.05) is 12.4 Å². The van der Waals surface area contributed by atoms with Gasteiger partial charge in [0.05, 0.1) is 17.8 Å². The molecule has 0 bridgehead atoms. The zero-order chi connectivity index (χ0) is 11.4. The van der Waals surface area contributed by atoms with Crippen LogP contribution in [0.15, 0.2) is 22.5 Å². The number of rotatable bonds is 4. The number of hydrogen-bond donors (Lipinski definition) is 0. The highest BCUT2D eigenvalue weighted by Crippen LogP contribution is 2.15. The number of nitrogens with zero attached hydrogens (tertiary/aromatic N) is 3. The molecule has 2 aromatic rings. The fraction of sp³-hybridized carbons (Fsp3) is 0.300. The topological polar surface area (TPSA) is 47.9 Å². The van der Waals surface area contributed by atoms with Gasteiger partial charge in [0.1, 0.15) is 10.9 Å². The molecule has 0 aliphatic carbocycles. The average molecular weight is 300 g/mol. The fourth-order valence-electron chi connectivity index (χ4n) is 1.21. The number of thiazole rings is 1. The normalized spacial score (nSPS) is 10.4. The quantitative estimate of drug-likeness (QED) is 0.814. The van der Waals surface area contributed by atoms with Crippen molar-refractivity contribution in [3.63, 3.8) is 0 Å². The van der Waals surface area contributed by atoms with Crippen molar-refractivity contribution < 1.29 is 4.74 Å². The van der Waals surface area contributed by atoms with Crippen LogP contribution in [0, 0.1) is 6.92 Å². The number of aryl methyl sites for hydroxylation is 1. The van der Waals surface area contributed by atoms with Gasteiger partial charge in [0, 0.05) is 17.4 Å². The summed E-state index contributed by atoms with van der Waals surface area (Å²) in [6.45, 7) is 2.61. The fourth-order valence-corrected chi connectivity index (χ4v) is 2.26. The molecule has 0 aliphatic rings. The van der Waals surface area contributed by atoms with Crippen molar-refractivity contribution in [3.05, 3.63) is 33.1 Å². The third-order valence-electron chi connectivity index (χ3n) is 2.03. The Morgan fingerprint density at radius 3 is 2.94 bits per heavy atom. The smallest absolute Gasteiger partial charge is 0.217 e. The van der Waals surface area contributed by atoms with Crippen molar-refractivity contribution in [3.8, 4) is 5.88 Å². The van der Waals surface area contributed by atoms with Gasteiger partial charge in [-0.1, -0.05) is 0 Å².